The first-order valence-electron chi connectivity index (χ1n) is 27.9. The number of methoxy groups -OCH3 is 17. The second-order valence-corrected chi connectivity index (χ2v) is 20.5. The number of hydrogen-bond donors (Lipinski definition) is 1. The zero-order chi connectivity index (χ0) is 62.5. The van der Waals surface area contributed by atoms with Crippen LogP contribution < -0.4 is 0 Å². The van der Waals surface area contributed by atoms with E-state index >= 15 is 0 Å². The van der Waals surface area contributed by atoms with E-state index in [1.165, 1.54) is 134 Å². The fraction of sp³-hybridized carbons (Fsp3) is 0.945. The number of hydrogen-bond acceptors (Lipinski definition) is 30. The molecular weight excluding hydrogens is 1140 g/mol. The molecule has 0 spiro atoms. The van der Waals surface area contributed by atoms with Gasteiger partial charge in [0.1, 0.15) is 147 Å². The van der Waals surface area contributed by atoms with Crippen molar-refractivity contribution in [1.82, 2.24) is 0 Å². The van der Waals surface area contributed by atoms with Crippen LogP contribution in [0.3, 0.4) is 0 Å². The van der Waals surface area contributed by atoms with E-state index < -0.39 is 178 Å². The summed E-state index contributed by atoms with van der Waals surface area (Å²) in [6.07, 6.45) is -25.4. The number of aliphatic hydroxyl groups excluding tert-OH is 1. The van der Waals surface area contributed by atoms with Crippen LogP contribution in [0.4, 0.5) is 0 Å². The Hall–Kier alpha value is -1.91. The van der Waals surface area contributed by atoms with Gasteiger partial charge in [-0.05, 0) is 0 Å². The molecule has 5 rings (SSSR count). The molecule has 5 saturated heterocycles. The van der Waals surface area contributed by atoms with E-state index in [2.05, 4.69) is 6.58 Å². The van der Waals surface area contributed by atoms with E-state index in [-0.39, 0.29) is 39.6 Å². The molecule has 5 heterocycles. The molecule has 5 aliphatic rings. The Kier molecular flexibility index (Phi) is 32.5. The number of esters is 1. The first-order valence-corrected chi connectivity index (χ1v) is 27.9. The summed E-state index contributed by atoms with van der Waals surface area (Å²) < 4.78 is 173. The minimum absolute atomic E-state index is 0.000246. The van der Waals surface area contributed by atoms with Gasteiger partial charge in [0, 0.05) is 128 Å². The summed E-state index contributed by atoms with van der Waals surface area (Å²) in [5.74, 6) is -0.494. The van der Waals surface area contributed by atoms with Crippen molar-refractivity contribution in [3.8, 4) is 0 Å². The molecule has 85 heavy (non-hydrogen) atoms. The maximum absolute atomic E-state index is 11.7. The Morgan fingerprint density at radius 2 is 0.682 bits per heavy atom. The molecule has 0 aliphatic carbocycles. The van der Waals surface area contributed by atoms with Crippen molar-refractivity contribution < 1.29 is 143 Å². The van der Waals surface area contributed by atoms with Gasteiger partial charge in [0.2, 0.25) is 0 Å². The topological polar surface area (TPSA) is 296 Å². The molecule has 1 N–H and O–H groups in total. The molecule has 0 amide bonds. The maximum Gasteiger partial charge on any atom is 0.302 e. The lowest BCUT2D eigenvalue weighted by Crippen LogP contribution is -2.69. The second-order valence-electron chi connectivity index (χ2n) is 20.5. The Bertz CT molecular complexity index is 1850. The maximum atomic E-state index is 11.7. The Morgan fingerprint density at radius 3 is 0.953 bits per heavy atom. The van der Waals surface area contributed by atoms with Crippen LogP contribution in [0, 0.1) is 0 Å². The largest absolute Gasteiger partial charge is 0.463 e. The van der Waals surface area contributed by atoms with Crippen molar-refractivity contribution in [2.24, 2.45) is 0 Å². The summed E-state index contributed by atoms with van der Waals surface area (Å²) in [4.78, 5) is 11.7. The van der Waals surface area contributed by atoms with Crippen molar-refractivity contribution in [3.05, 3.63) is 12.7 Å². The van der Waals surface area contributed by atoms with Crippen molar-refractivity contribution in [2.45, 2.75) is 179 Å². The molecule has 0 aromatic carbocycles. The van der Waals surface area contributed by atoms with E-state index in [1.807, 2.05) is 0 Å². The van der Waals surface area contributed by atoms with E-state index in [0.29, 0.717) is 0 Å². The van der Waals surface area contributed by atoms with E-state index in [0.717, 1.165) is 0 Å². The van der Waals surface area contributed by atoms with Gasteiger partial charge < -0.3 is 138 Å². The SMILES string of the molecule is C=C[C@@H](O[C@H]1O[C@H](COC)[C@@H](O[C@H]2O[C@H](COC)[C@@H](O[C@H]3O[C@H](COC)[C@@H](O[C@H]4O[C@H](COC)[C@@H](O[C@H]5O[C@H](COC)[C@@H](O)[C@H](OC)[C@H]5OC)[C@H](OC)[C@H]4OC)[C@H](OC)[C@H]3OC)[C@H](OC)[C@H]2OC)[C@H](OC)[C@H]1OC)[C@H](OC)[C@H](COC(C)=O)OC. The van der Waals surface area contributed by atoms with Crippen LogP contribution in [-0.4, -0.2) is 343 Å². The molecule has 0 radical (unpaired) electrons. The molecule has 498 valence electrons. The minimum Gasteiger partial charge on any atom is -0.463 e. The lowest BCUT2D eigenvalue weighted by molar-refractivity contribution is -0.400. The predicted octanol–water partition coefficient (Wildman–Crippen LogP) is -0.941. The quantitative estimate of drug-likeness (QED) is 0.0580. The van der Waals surface area contributed by atoms with Gasteiger partial charge in [-0.2, -0.15) is 0 Å². The van der Waals surface area contributed by atoms with Crippen LogP contribution in [0.1, 0.15) is 6.92 Å². The highest BCUT2D eigenvalue weighted by Gasteiger charge is 2.59. The highest BCUT2D eigenvalue weighted by molar-refractivity contribution is 5.65. The van der Waals surface area contributed by atoms with Gasteiger partial charge in [-0.1, -0.05) is 6.08 Å². The predicted molar refractivity (Wildman–Crippen MR) is 289 cm³/mol. The molecule has 0 aromatic rings. The molecule has 0 unspecified atom stereocenters. The molecule has 0 saturated carbocycles. The summed E-state index contributed by atoms with van der Waals surface area (Å²) in [5, 5.41) is 11.1. The Morgan fingerprint density at radius 1 is 0.400 bits per heavy atom. The first kappa shape index (κ1) is 73.8. The third-order valence-corrected chi connectivity index (χ3v) is 15.8. The molecular formula is C55H98O30. The van der Waals surface area contributed by atoms with Crippen LogP contribution in [0.2, 0.25) is 0 Å². The standard InChI is InChI=1S/C55H98O30/c1-20-28(36(64-9)30(63-8)26-75-27(2)56)76-51-47(71-16)42(66-11)37(31(78-51)22-59-4)83-53-49(73-18)44(68-13)39(33(80-53)24-61-6)85-55-50(74-19)45(69-14)40(34(81-55)25-62-7)84-54-48(72-17)43(67-12)38(32(79-54)23-60-5)82-52-46(70-15)41(65-10)35(57)29(77-52)21-58-3/h20,28-55,57H,1,21-26H2,2-19H3/t28-,29-,30+,31-,32-,33-,34-,35-,36+,37-,38-,39-,40-,41+,42+,43+,44+,45+,46-,47-,48-,49-,50-,51+,52-,53-,54-,55-/m1/s1. The van der Waals surface area contributed by atoms with Crippen LogP contribution in [0.25, 0.3) is 0 Å². The highest BCUT2D eigenvalue weighted by atomic mass is 16.8. The lowest BCUT2D eigenvalue weighted by atomic mass is 9.94. The van der Waals surface area contributed by atoms with Gasteiger partial charge in [-0.15, -0.1) is 6.58 Å². The number of aliphatic hydroxyl groups is 1. The summed E-state index contributed by atoms with van der Waals surface area (Å²) in [5.41, 5.74) is 0. The first-order chi connectivity index (χ1) is 41.1. The number of ether oxygens (including phenoxy) is 28. The van der Waals surface area contributed by atoms with Crippen molar-refractivity contribution in [3.63, 3.8) is 0 Å². The molecule has 30 nitrogen and oxygen atoms in total. The van der Waals surface area contributed by atoms with Crippen molar-refractivity contribution >= 4 is 5.97 Å². The van der Waals surface area contributed by atoms with Crippen LogP contribution in [0.5, 0.6) is 0 Å². The van der Waals surface area contributed by atoms with Crippen LogP contribution in [-0.2, 0) is 137 Å². The summed E-state index contributed by atoms with van der Waals surface area (Å²) in [6.45, 7) is 5.11. The fourth-order valence-corrected chi connectivity index (χ4v) is 11.7. The van der Waals surface area contributed by atoms with Crippen molar-refractivity contribution in [2.75, 3.05) is 161 Å². The minimum atomic E-state index is -1.21. The van der Waals surface area contributed by atoms with Crippen LogP contribution >= 0.6 is 0 Å². The van der Waals surface area contributed by atoms with Gasteiger partial charge in [0.25, 0.3) is 0 Å². The monoisotopic (exact) mass is 1240 g/mol. The molecule has 0 aromatic heterocycles. The zero-order valence-electron chi connectivity index (χ0n) is 52.5. The molecule has 30 heteroatoms. The molecule has 28 atom stereocenters. The smallest absolute Gasteiger partial charge is 0.302 e. The summed E-state index contributed by atoms with van der Waals surface area (Å²) >= 11 is 0. The lowest BCUT2D eigenvalue weighted by Gasteiger charge is -2.52. The molecule has 5 fully saturated rings. The number of carbonyl (C=O) groups excluding carboxylic acids is 1. The Balaban J connectivity index is 1.40. The van der Waals surface area contributed by atoms with E-state index in [1.54, 1.807) is 0 Å². The third kappa shape index (κ3) is 17.8. The normalized spacial score (nSPS) is 40.2. The van der Waals surface area contributed by atoms with Crippen molar-refractivity contribution in [1.29, 1.82) is 0 Å². The van der Waals surface area contributed by atoms with E-state index in [9.17, 15) is 9.90 Å². The molecule has 0 bridgehead atoms. The summed E-state index contributed by atoms with van der Waals surface area (Å²) in [6, 6.07) is 0. The summed E-state index contributed by atoms with van der Waals surface area (Å²) in [7, 11) is 25.3. The Labute approximate surface area is 499 Å². The van der Waals surface area contributed by atoms with Gasteiger partial charge in [-0.3, -0.25) is 4.79 Å². The van der Waals surface area contributed by atoms with Gasteiger partial charge in [0.05, 0.1) is 33.0 Å². The number of rotatable bonds is 37. The highest BCUT2D eigenvalue weighted by Crippen LogP contribution is 2.40. The van der Waals surface area contributed by atoms with E-state index in [4.69, 9.17) is 133 Å². The average Bonchev–Trinajstić information content (AvgIpc) is 2.15. The van der Waals surface area contributed by atoms with Gasteiger partial charge >= 0.3 is 5.97 Å². The van der Waals surface area contributed by atoms with Gasteiger partial charge in [0.15, 0.2) is 31.5 Å². The molecule has 5 aliphatic heterocycles. The fourth-order valence-electron chi connectivity index (χ4n) is 11.7. The second kappa shape index (κ2) is 37.4. The zero-order valence-corrected chi connectivity index (χ0v) is 52.5. The van der Waals surface area contributed by atoms with Crippen LogP contribution in [0.15, 0.2) is 12.7 Å². The number of carbonyl (C=O) groups is 1. The van der Waals surface area contributed by atoms with Gasteiger partial charge in [-0.25, -0.2) is 0 Å². The third-order valence-electron chi connectivity index (χ3n) is 15.8. The average molecular weight is 1240 g/mol.